The summed E-state index contributed by atoms with van der Waals surface area (Å²) in [5.41, 5.74) is -2.86. The predicted molar refractivity (Wildman–Crippen MR) is 102 cm³/mol. The highest BCUT2D eigenvalue weighted by Crippen LogP contribution is 2.74. The van der Waals surface area contributed by atoms with Crippen LogP contribution in [-0.2, 0) is 42.9 Å². The molecule has 2 rings (SSSR count). The molecule has 0 aromatic heterocycles. The fourth-order valence-electron chi connectivity index (χ4n) is 5.98. The monoisotopic (exact) mass is 424 g/mol. The molecule has 0 aromatic carbocycles. The molecule has 30 heavy (non-hydrogen) atoms. The molecular formula is C21H28O9. The first-order valence-corrected chi connectivity index (χ1v) is 9.60. The quantitative estimate of drug-likeness (QED) is 0.267. The van der Waals surface area contributed by atoms with E-state index in [4.69, 9.17) is 18.9 Å². The highest BCUT2D eigenvalue weighted by Gasteiger charge is 2.82. The third kappa shape index (κ3) is 2.70. The summed E-state index contributed by atoms with van der Waals surface area (Å²) >= 11 is 0. The Morgan fingerprint density at radius 3 is 1.63 bits per heavy atom. The van der Waals surface area contributed by atoms with Crippen LogP contribution in [0.2, 0.25) is 0 Å². The third-order valence-electron chi connectivity index (χ3n) is 6.95. The Labute approximate surface area is 175 Å². The molecule has 0 aromatic rings. The Kier molecular flexibility index (Phi) is 6.44. The fraction of sp³-hybridized carbons (Fsp3) is 0.667. The normalized spacial score (nSPS) is 34.9. The van der Waals surface area contributed by atoms with Crippen LogP contribution in [0.25, 0.3) is 0 Å². The van der Waals surface area contributed by atoms with Crippen molar-refractivity contribution < 1.29 is 42.9 Å². The first-order valence-electron chi connectivity index (χ1n) is 9.60. The number of rotatable bonds is 6. The standard InChI is InChI=1S/C21H28O9/c1-8-9-21-12(17(24)28-5)10(2)11(16(23)27-4)20(21,3)13(18(25)29-6)15(22)14(21)19(26)30-7/h11-14H,2,8-9H2,1,3-7H3/t11?,12?,13?,14?,20-,21+/m0/s1. The van der Waals surface area contributed by atoms with E-state index in [0.29, 0.717) is 6.42 Å². The molecule has 4 unspecified atom stereocenters. The van der Waals surface area contributed by atoms with Gasteiger partial charge in [0.15, 0.2) is 5.78 Å². The Morgan fingerprint density at radius 2 is 1.20 bits per heavy atom. The van der Waals surface area contributed by atoms with Gasteiger partial charge in [-0.05, 0) is 12.0 Å². The van der Waals surface area contributed by atoms with Gasteiger partial charge in [0, 0.05) is 10.8 Å². The van der Waals surface area contributed by atoms with Gasteiger partial charge in [-0.1, -0.05) is 26.8 Å². The number of esters is 4. The zero-order chi connectivity index (χ0) is 23.0. The van der Waals surface area contributed by atoms with Crippen LogP contribution in [0, 0.1) is 34.5 Å². The summed E-state index contributed by atoms with van der Waals surface area (Å²) < 4.78 is 19.7. The van der Waals surface area contributed by atoms with Gasteiger partial charge in [0.05, 0.1) is 40.3 Å². The van der Waals surface area contributed by atoms with E-state index < -0.39 is 64.2 Å². The largest absolute Gasteiger partial charge is 0.469 e. The zero-order valence-electron chi connectivity index (χ0n) is 18.1. The van der Waals surface area contributed by atoms with Gasteiger partial charge in [0.25, 0.3) is 0 Å². The van der Waals surface area contributed by atoms with E-state index in [1.54, 1.807) is 6.92 Å². The summed E-state index contributed by atoms with van der Waals surface area (Å²) in [7, 11) is 4.56. The van der Waals surface area contributed by atoms with Crippen LogP contribution in [0.1, 0.15) is 26.7 Å². The molecule has 9 nitrogen and oxygen atoms in total. The number of ketones is 1. The Morgan fingerprint density at radius 1 is 0.800 bits per heavy atom. The van der Waals surface area contributed by atoms with Gasteiger partial charge in [-0.2, -0.15) is 0 Å². The molecule has 2 aliphatic carbocycles. The highest BCUT2D eigenvalue weighted by molar-refractivity contribution is 6.14. The number of Topliss-reactive ketones (excluding diaryl/α,β-unsaturated/α-hetero) is 1. The number of carbonyl (C=O) groups excluding carboxylic acids is 5. The lowest BCUT2D eigenvalue weighted by molar-refractivity contribution is -0.168. The second kappa shape index (κ2) is 8.20. The summed E-state index contributed by atoms with van der Waals surface area (Å²) in [4.78, 5) is 65.0. The molecule has 9 heteroatoms. The van der Waals surface area contributed by atoms with E-state index in [1.165, 1.54) is 7.11 Å². The molecule has 2 fully saturated rings. The first-order chi connectivity index (χ1) is 14.1. The van der Waals surface area contributed by atoms with Crippen LogP contribution >= 0.6 is 0 Å². The molecule has 2 saturated carbocycles. The minimum atomic E-state index is -1.52. The second-order valence-corrected chi connectivity index (χ2v) is 7.88. The van der Waals surface area contributed by atoms with Gasteiger partial charge in [0.1, 0.15) is 11.8 Å². The van der Waals surface area contributed by atoms with E-state index in [9.17, 15) is 24.0 Å². The van der Waals surface area contributed by atoms with Crippen molar-refractivity contribution in [2.45, 2.75) is 26.7 Å². The van der Waals surface area contributed by atoms with E-state index in [2.05, 4.69) is 6.58 Å². The maximum Gasteiger partial charge on any atom is 0.316 e. The number of carbonyl (C=O) groups is 5. The Balaban J connectivity index is 3.01. The molecule has 0 radical (unpaired) electrons. The lowest BCUT2D eigenvalue weighted by Gasteiger charge is -2.45. The predicted octanol–water partition coefficient (Wildman–Crippen LogP) is 1.09. The number of fused-ring (bicyclic) bond motifs is 1. The molecule has 0 bridgehead atoms. The van der Waals surface area contributed by atoms with Gasteiger partial charge < -0.3 is 18.9 Å². The van der Waals surface area contributed by atoms with Gasteiger partial charge >= 0.3 is 23.9 Å². The maximum atomic E-state index is 13.5. The van der Waals surface area contributed by atoms with Crippen LogP contribution in [0.15, 0.2) is 12.2 Å². The van der Waals surface area contributed by atoms with Crippen molar-refractivity contribution in [2.24, 2.45) is 34.5 Å². The van der Waals surface area contributed by atoms with Crippen LogP contribution in [-0.4, -0.2) is 58.1 Å². The molecule has 6 atom stereocenters. The van der Waals surface area contributed by atoms with E-state index in [-0.39, 0.29) is 12.0 Å². The van der Waals surface area contributed by atoms with Crippen molar-refractivity contribution in [2.75, 3.05) is 28.4 Å². The van der Waals surface area contributed by atoms with Crippen LogP contribution < -0.4 is 0 Å². The maximum absolute atomic E-state index is 13.5. The van der Waals surface area contributed by atoms with Crippen molar-refractivity contribution in [1.82, 2.24) is 0 Å². The lowest BCUT2D eigenvalue weighted by atomic mass is 9.56. The summed E-state index contributed by atoms with van der Waals surface area (Å²) in [6.07, 6.45) is 0.605. The number of hydrogen-bond acceptors (Lipinski definition) is 9. The topological polar surface area (TPSA) is 122 Å². The molecule has 0 heterocycles. The number of hydrogen-bond donors (Lipinski definition) is 0. The van der Waals surface area contributed by atoms with Crippen molar-refractivity contribution >= 4 is 29.7 Å². The number of ether oxygens (including phenoxy) is 4. The van der Waals surface area contributed by atoms with E-state index in [0.717, 1.165) is 21.3 Å². The number of methoxy groups -OCH3 is 4. The molecule has 166 valence electrons. The summed E-state index contributed by atoms with van der Waals surface area (Å²) in [5.74, 6) is -9.43. The summed E-state index contributed by atoms with van der Waals surface area (Å²) in [6.45, 7) is 7.31. The van der Waals surface area contributed by atoms with Gasteiger partial charge in [-0.3, -0.25) is 24.0 Å². The average Bonchev–Trinajstić information content (AvgIpc) is 3.02. The van der Waals surface area contributed by atoms with Gasteiger partial charge in [-0.25, -0.2) is 0 Å². The van der Waals surface area contributed by atoms with E-state index >= 15 is 0 Å². The summed E-state index contributed by atoms with van der Waals surface area (Å²) in [5, 5.41) is 0. The molecule has 0 saturated heterocycles. The van der Waals surface area contributed by atoms with Crippen LogP contribution in [0.4, 0.5) is 0 Å². The molecule has 0 amide bonds. The van der Waals surface area contributed by atoms with Gasteiger partial charge in [-0.15, -0.1) is 0 Å². The lowest BCUT2D eigenvalue weighted by Crippen LogP contribution is -2.50. The summed E-state index contributed by atoms with van der Waals surface area (Å²) in [6, 6.07) is 0. The van der Waals surface area contributed by atoms with Crippen LogP contribution in [0.5, 0.6) is 0 Å². The first kappa shape index (κ1) is 23.6. The van der Waals surface area contributed by atoms with Gasteiger partial charge in [0.2, 0.25) is 0 Å². The van der Waals surface area contributed by atoms with Crippen molar-refractivity contribution in [3.63, 3.8) is 0 Å². The highest BCUT2D eigenvalue weighted by atomic mass is 16.5. The smallest absolute Gasteiger partial charge is 0.316 e. The van der Waals surface area contributed by atoms with Crippen LogP contribution in [0.3, 0.4) is 0 Å². The minimum absolute atomic E-state index is 0.139. The van der Waals surface area contributed by atoms with E-state index in [1.807, 2.05) is 6.92 Å². The van der Waals surface area contributed by atoms with Crippen molar-refractivity contribution in [3.05, 3.63) is 12.2 Å². The fourth-order valence-corrected chi connectivity index (χ4v) is 5.98. The molecule has 0 N–H and O–H groups in total. The molecule has 2 aliphatic rings. The molecule has 0 spiro atoms. The average molecular weight is 424 g/mol. The van der Waals surface area contributed by atoms with Crippen molar-refractivity contribution in [3.8, 4) is 0 Å². The molecular weight excluding hydrogens is 396 g/mol. The third-order valence-corrected chi connectivity index (χ3v) is 6.95. The zero-order valence-corrected chi connectivity index (χ0v) is 18.1. The SMILES string of the molecule is C=C1C(C(=O)OC)[C@@]2(C)C(C(=O)OC)C(=O)C(C(=O)OC)[C@@]2(CCC)C1C(=O)OC. The van der Waals surface area contributed by atoms with Crippen molar-refractivity contribution in [1.29, 1.82) is 0 Å². The second-order valence-electron chi connectivity index (χ2n) is 7.88. The minimum Gasteiger partial charge on any atom is -0.469 e. The Hall–Kier alpha value is -2.71. The Bertz CT molecular complexity index is 740. The molecule has 0 aliphatic heterocycles.